The summed E-state index contributed by atoms with van der Waals surface area (Å²) in [4.78, 5) is 12.0. The third-order valence-electron chi connectivity index (χ3n) is 2.65. The average molecular weight is 314 g/mol. The Kier molecular flexibility index (Phi) is 5.01. The Labute approximate surface area is 125 Å². The summed E-state index contributed by atoms with van der Waals surface area (Å²) in [6.45, 7) is 8.96. The van der Waals surface area contributed by atoms with Gasteiger partial charge in [0.25, 0.3) is 5.91 Å². The van der Waals surface area contributed by atoms with Crippen LogP contribution in [0, 0.1) is 6.92 Å². The van der Waals surface area contributed by atoms with Crippen LogP contribution >= 0.6 is 0 Å². The molecule has 1 aromatic carbocycles. The van der Waals surface area contributed by atoms with Gasteiger partial charge >= 0.3 is 0 Å². The number of rotatable bonds is 4. The van der Waals surface area contributed by atoms with Crippen LogP contribution in [0.25, 0.3) is 0 Å². The molecule has 1 amide bonds. The van der Waals surface area contributed by atoms with Crippen molar-refractivity contribution in [2.24, 2.45) is 5.14 Å². The molecule has 0 radical (unpaired) electrons. The monoisotopic (exact) mass is 314 g/mol. The molecule has 1 rings (SSSR count). The topological polar surface area (TPSA) is 98.5 Å². The molecule has 0 aliphatic carbocycles. The number of hydrogen-bond donors (Lipinski definition) is 2. The van der Waals surface area contributed by atoms with Crippen LogP contribution in [-0.2, 0) is 14.8 Å². The second kappa shape index (κ2) is 6.03. The zero-order chi connectivity index (χ0) is 16.4. The Morgan fingerprint density at radius 3 is 2.33 bits per heavy atom. The average Bonchev–Trinajstić information content (AvgIpc) is 2.27. The van der Waals surface area contributed by atoms with Crippen LogP contribution in [0.15, 0.2) is 23.1 Å². The number of hydrogen-bond acceptors (Lipinski definition) is 4. The first kappa shape index (κ1) is 17.5. The van der Waals surface area contributed by atoms with Gasteiger partial charge in [-0.05, 0) is 58.4 Å². The molecule has 3 N–H and O–H groups in total. The fraction of sp³-hybridized carbons (Fsp3) is 0.500. The van der Waals surface area contributed by atoms with Crippen molar-refractivity contribution in [2.45, 2.75) is 51.2 Å². The predicted octanol–water partition coefficient (Wildman–Crippen LogP) is 1.32. The zero-order valence-corrected chi connectivity index (χ0v) is 13.7. The van der Waals surface area contributed by atoms with Crippen molar-refractivity contribution in [3.05, 3.63) is 23.8 Å². The molecular weight excluding hydrogens is 292 g/mol. The fourth-order valence-corrected chi connectivity index (χ4v) is 2.25. The maximum atomic E-state index is 11.9. The van der Waals surface area contributed by atoms with Crippen molar-refractivity contribution >= 4 is 15.9 Å². The van der Waals surface area contributed by atoms with Crippen LogP contribution in [0.3, 0.4) is 0 Å². The zero-order valence-electron chi connectivity index (χ0n) is 12.9. The van der Waals surface area contributed by atoms with E-state index in [0.717, 1.165) is 0 Å². The molecule has 0 fully saturated rings. The Morgan fingerprint density at radius 2 is 1.90 bits per heavy atom. The fourth-order valence-electron chi connectivity index (χ4n) is 1.65. The number of primary sulfonamides is 1. The van der Waals surface area contributed by atoms with Crippen LogP contribution in [0.5, 0.6) is 5.75 Å². The Balaban J connectivity index is 2.87. The lowest BCUT2D eigenvalue weighted by Gasteiger charge is -2.24. The molecular formula is C14H22N2O4S. The van der Waals surface area contributed by atoms with E-state index in [1.165, 1.54) is 18.2 Å². The van der Waals surface area contributed by atoms with Gasteiger partial charge in [-0.1, -0.05) is 0 Å². The molecule has 6 nitrogen and oxygen atoms in total. The molecule has 0 aliphatic heterocycles. The first-order valence-electron chi connectivity index (χ1n) is 6.52. The summed E-state index contributed by atoms with van der Waals surface area (Å²) in [6.07, 6.45) is -0.691. The summed E-state index contributed by atoms with van der Waals surface area (Å²) in [5, 5.41) is 7.88. The molecule has 7 heteroatoms. The summed E-state index contributed by atoms with van der Waals surface area (Å²) in [6, 6.07) is 4.26. The van der Waals surface area contributed by atoms with Gasteiger partial charge in [0.15, 0.2) is 6.10 Å². The minimum absolute atomic E-state index is 0.0131. The number of carbonyl (C=O) groups excluding carboxylic acids is 1. The van der Waals surface area contributed by atoms with E-state index < -0.39 is 16.1 Å². The van der Waals surface area contributed by atoms with Gasteiger partial charge in [0.1, 0.15) is 5.75 Å². The van der Waals surface area contributed by atoms with Gasteiger partial charge in [-0.2, -0.15) is 0 Å². The summed E-state index contributed by atoms with van der Waals surface area (Å²) in [5.41, 5.74) is 0.248. The first-order chi connectivity index (χ1) is 9.40. The highest BCUT2D eigenvalue weighted by Crippen LogP contribution is 2.22. The summed E-state index contributed by atoms with van der Waals surface area (Å²) >= 11 is 0. The number of carbonyl (C=O) groups is 1. The van der Waals surface area contributed by atoms with E-state index in [1.54, 1.807) is 13.8 Å². The summed E-state index contributed by atoms with van der Waals surface area (Å²) in [7, 11) is -3.75. The quantitative estimate of drug-likeness (QED) is 0.875. The molecule has 0 aromatic heterocycles. The maximum Gasteiger partial charge on any atom is 0.261 e. The molecule has 0 heterocycles. The summed E-state index contributed by atoms with van der Waals surface area (Å²) in [5.74, 6) is 0.205. The maximum absolute atomic E-state index is 11.9. The van der Waals surface area contributed by atoms with Crippen LogP contribution < -0.4 is 15.2 Å². The standard InChI is InChI=1S/C14H22N2O4S/c1-9-8-11(21(15,18)19)6-7-12(9)20-10(2)13(17)16-14(3,4)5/h6-8,10H,1-5H3,(H,16,17)(H2,15,18,19). The van der Waals surface area contributed by atoms with Crippen molar-refractivity contribution in [2.75, 3.05) is 0 Å². The second-order valence-corrected chi connectivity index (χ2v) is 7.53. The van der Waals surface area contributed by atoms with Gasteiger partial charge in [-0.25, -0.2) is 13.6 Å². The molecule has 0 aliphatic rings. The Hall–Kier alpha value is -1.60. The van der Waals surface area contributed by atoms with Crippen molar-refractivity contribution in [3.8, 4) is 5.75 Å². The van der Waals surface area contributed by atoms with Crippen molar-refractivity contribution in [1.82, 2.24) is 5.32 Å². The predicted molar refractivity (Wildman–Crippen MR) is 80.5 cm³/mol. The lowest BCUT2D eigenvalue weighted by atomic mass is 10.1. The minimum atomic E-state index is -3.75. The number of sulfonamides is 1. The van der Waals surface area contributed by atoms with E-state index in [2.05, 4.69) is 5.32 Å². The van der Waals surface area contributed by atoms with Gasteiger partial charge in [0.2, 0.25) is 10.0 Å². The van der Waals surface area contributed by atoms with Gasteiger partial charge < -0.3 is 10.1 Å². The van der Waals surface area contributed by atoms with E-state index >= 15 is 0 Å². The van der Waals surface area contributed by atoms with Crippen LogP contribution in [-0.4, -0.2) is 26.0 Å². The molecule has 0 saturated heterocycles. The van der Waals surface area contributed by atoms with Gasteiger partial charge in [0.05, 0.1) is 4.90 Å². The highest BCUT2D eigenvalue weighted by molar-refractivity contribution is 7.89. The number of benzene rings is 1. The molecule has 0 spiro atoms. The molecule has 1 unspecified atom stereocenters. The number of nitrogens with two attached hydrogens (primary N) is 1. The van der Waals surface area contributed by atoms with E-state index in [0.29, 0.717) is 11.3 Å². The first-order valence-corrected chi connectivity index (χ1v) is 8.07. The molecule has 21 heavy (non-hydrogen) atoms. The van der Waals surface area contributed by atoms with E-state index in [4.69, 9.17) is 9.88 Å². The second-order valence-electron chi connectivity index (χ2n) is 5.97. The van der Waals surface area contributed by atoms with Crippen molar-refractivity contribution < 1.29 is 17.9 Å². The normalized spacial score (nSPS) is 13.6. The third kappa shape index (κ3) is 5.35. The van der Waals surface area contributed by atoms with Crippen LogP contribution in [0.4, 0.5) is 0 Å². The minimum Gasteiger partial charge on any atom is -0.481 e. The molecule has 1 atom stereocenters. The third-order valence-corrected chi connectivity index (χ3v) is 3.56. The van der Waals surface area contributed by atoms with Crippen LogP contribution in [0.2, 0.25) is 0 Å². The van der Waals surface area contributed by atoms with Crippen molar-refractivity contribution in [1.29, 1.82) is 0 Å². The van der Waals surface area contributed by atoms with E-state index in [-0.39, 0.29) is 16.3 Å². The largest absolute Gasteiger partial charge is 0.481 e. The summed E-state index contributed by atoms with van der Waals surface area (Å²) < 4.78 is 28.1. The number of amides is 1. The molecule has 118 valence electrons. The number of aryl methyl sites for hydroxylation is 1. The van der Waals surface area contributed by atoms with Gasteiger partial charge in [0, 0.05) is 5.54 Å². The Bertz CT molecular complexity index is 633. The molecule has 0 saturated carbocycles. The highest BCUT2D eigenvalue weighted by Gasteiger charge is 2.21. The van der Waals surface area contributed by atoms with Crippen LogP contribution in [0.1, 0.15) is 33.3 Å². The smallest absolute Gasteiger partial charge is 0.261 e. The number of nitrogens with one attached hydrogen (secondary N) is 1. The lowest BCUT2D eigenvalue weighted by Crippen LogP contribution is -2.46. The highest BCUT2D eigenvalue weighted by atomic mass is 32.2. The van der Waals surface area contributed by atoms with E-state index in [9.17, 15) is 13.2 Å². The Morgan fingerprint density at radius 1 is 1.33 bits per heavy atom. The molecule has 1 aromatic rings. The van der Waals surface area contributed by atoms with Crippen molar-refractivity contribution in [3.63, 3.8) is 0 Å². The lowest BCUT2D eigenvalue weighted by molar-refractivity contribution is -0.128. The van der Waals surface area contributed by atoms with Gasteiger partial charge in [-0.15, -0.1) is 0 Å². The van der Waals surface area contributed by atoms with Gasteiger partial charge in [-0.3, -0.25) is 4.79 Å². The molecule has 0 bridgehead atoms. The van der Waals surface area contributed by atoms with E-state index in [1.807, 2.05) is 20.8 Å². The number of ether oxygens (including phenoxy) is 1. The SMILES string of the molecule is Cc1cc(S(N)(=O)=O)ccc1OC(C)C(=O)NC(C)(C)C.